The summed E-state index contributed by atoms with van der Waals surface area (Å²) in [5.74, 6) is 11.2. The topological polar surface area (TPSA) is 27.3 Å². The highest BCUT2D eigenvalue weighted by molar-refractivity contribution is 5.18. The quantitative estimate of drug-likeness (QED) is 0.302. The van der Waals surface area contributed by atoms with Crippen LogP contribution in [-0.4, -0.2) is 35.2 Å². The van der Waals surface area contributed by atoms with Crippen LogP contribution in [0.3, 0.4) is 0 Å². The fourth-order valence-electron chi connectivity index (χ4n) is 15.9. The van der Waals surface area contributed by atoms with Crippen molar-refractivity contribution in [3.8, 4) is 0 Å². The van der Waals surface area contributed by atoms with E-state index in [4.69, 9.17) is 0 Å². The van der Waals surface area contributed by atoms with Gasteiger partial charge in [0.15, 0.2) is 0 Å². The van der Waals surface area contributed by atoms with Crippen molar-refractivity contribution in [1.82, 2.24) is 15.5 Å². The van der Waals surface area contributed by atoms with Gasteiger partial charge < -0.3 is 5.32 Å². The van der Waals surface area contributed by atoms with Crippen molar-refractivity contribution < 1.29 is 0 Å². The molecule has 9 rings (SSSR count). The summed E-state index contributed by atoms with van der Waals surface area (Å²) in [5.41, 5.74) is 1.72. The molecule has 0 radical (unpaired) electrons. The second-order valence-corrected chi connectivity index (χ2v) is 20.9. The van der Waals surface area contributed by atoms with Gasteiger partial charge in [0.25, 0.3) is 0 Å². The molecule has 2 N–H and O–H groups in total. The summed E-state index contributed by atoms with van der Waals surface area (Å²) in [6, 6.07) is 3.23. The van der Waals surface area contributed by atoms with Crippen LogP contribution in [0.1, 0.15) is 181 Å². The van der Waals surface area contributed by atoms with E-state index in [9.17, 15) is 0 Å². The second kappa shape index (κ2) is 15.3. The van der Waals surface area contributed by atoms with Crippen molar-refractivity contribution in [1.29, 1.82) is 0 Å². The average molecular weight is 686 g/mol. The molecule has 0 aromatic carbocycles. The summed E-state index contributed by atoms with van der Waals surface area (Å²) in [7, 11) is 0. The van der Waals surface area contributed by atoms with E-state index in [1.807, 2.05) is 0 Å². The predicted molar refractivity (Wildman–Crippen MR) is 209 cm³/mol. The fourth-order valence-corrected chi connectivity index (χ4v) is 15.9. The first-order valence-corrected chi connectivity index (χ1v) is 23.5. The van der Waals surface area contributed by atoms with Crippen LogP contribution in [-0.2, 0) is 0 Å². The Morgan fingerprint density at radius 3 is 2.12 bits per heavy atom. The van der Waals surface area contributed by atoms with Gasteiger partial charge in [-0.2, -0.15) is 0 Å². The smallest absolute Gasteiger partial charge is 0.0799 e. The molecule has 7 saturated carbocycles. The lowest BCUT2D eigenvalue weighted by molar-refractivity contribution is 0.00670. The van der Waals surface area contributed by atoms with Crippen LogP contribution in [0.2, 0.25) is 0 Å². The van der Waals surface area contributed by atoms with Crippen molar-refractivity contribution in [3.63, 3.8) is 0 Å². The third kappa shape index (κ3) is 6.72. The lowest BCUT2D eigenvalue weighted by Gasteiger charge is -2.49. The molecule has 8 fully saturated rings. The molecule has 7 aliphatic carbocycles. The fraction of sp³-hybridized carbons (Fsp3) is 0.957. The summed E-state index contributed by atoms with van der Waals surface area (Å²) in [6.07, 6.45) is 40.7. The number of nitrogens with zero attached hydrogens (tertiary/aromatic N) is 1. The van der Waals surface area contributed by atoms with Crippen LogP contribution in [0.4, 0.5) is 0 Å². The van der Waals surface area contributed by atoms with Gasteiger partial charge in [-0.25, -0.2) is 0 Å². The highest BCUT2D eigenvalue weighted by atomic mass is 15.3. The maximum Gasteiger partial charge on any atom is 0.0799 e. The predicted octanol–water partition coefficient (Wildman–Crippen LogP) is 11.5. The zero-order chi connectivity index (χ0) is 33.8. The number of rotatable bonds is 5. The van der Waals surface area contributed by atoms with Crippen molar-refractivity contribution >= 4 is 0 Å². The highest BCUT2D eigenvalue weighted by Crippen LogP contribution is 2.59. The van der Waals surface area contributed by atoms with E-state index < -0.39 is 0 Å². The molecule has 2 heterocycles. The first-order chi connectivity index (χ1) is 24.5. The normalized spacial score (nSPS) is 50.7. The van der Waals surface area contributed by atoms with E-state index in [1.54, 1.807) is 57.1 Å². The molecule has 0 spiro atoms. The molecule has 16 atom stereocenters. The molecule has 0 bridgehead atoms. The number of nitrogens with one attached hydrogen (secondary N) is 2. The number of hydrogen-bond donors (Lipinski definition) is 2. The zero-order valence-electron chi connectivity index (χ0n) is 33.0. The van der Waals surface area contributed by atoms with Gasteiger partial charge in [-0.15, -0.1) is 0 Å². The Hall–Kier alpha value is -0.540. The maximum atomic E-state index is 4.49. The van der Waals surface area contributed by atoms with Crippen molar-refractivity contribution in [2.24, 2.45) is 71.0 Å². The molecule has 0 amide bonds. The first-order valence-electron chi connectivity index (χ1n) is 23.5. The Labute approximate surface area is 309 Å². The Balaban J connectivity index is 1.03. The highest BCUT2D eigenvalue weighted by Gasteiger charge is 2.59. The van der Waals surface area contributed by atoms with Gasteiger partial charge in [-0.1, -0.05) is 110 Å². The third-order valence-electron chi connectivity index (χ3n) is 18.5. The number of likely N-dealkylation sites (tertiary alicyclic amines) is 1. The van der Waals surface area contributed by atoms with Gasteiger partial charge in [0, 0.05) is 35.8 Å². The summed E-state index contributed by atoms with van der Waals surface area (Å²) >= 11 is 0. The van der Waals surface area contributed by atoms with E-state index in [1.165, 1.54) is 109 Å². The molecule has 0 aromatic heterocycles. The van der Waals surface area contributed by atoms with E-state index in [0.717, 1.165) is 89.1 Å². The van der Waals surface area contributed by atoms with E-state index >= 15 is 0 Å². The van der Waals surface area contributed by atoms with Crippen LogP contribution < -0.4 is 10.6 Å². The molecular formula is C47H79N3. The zero-order valence-corrected chi connectivity index (χ0v) is 33.0. The molecule has 0 aromatic rings. The molecule has 1 saturated heterocycles. The Morgan fingerprint density at radius 1 is 0.540 bits per heavy atom. The lowest BCUT2D eigenvalue weighted by atomic mass is 9.58. The van der Waals surface area contributed by atoms with Gasteiger partial charge in [-0.3, -0.25) is 10.2 Å². The van der Waals surface area contributed by atoms with Crippen LogP contribution in [0.15, 0.2) is 11.8 Å². The largest absolute Gasteiger partial charge is 0.373 e. The standard InChI is InChI=1S/C47H79N3/c1-30-12-11-16-36(28-30)41-25-26-42(49-47(48-41)37-23-20-31(2)32(37)3)39-18-9-10-19-43(39)50-44-27-22-34-15-7-8-17-38(34)46(44)40-24-21-35(29-45(40)50)33-13-5-4-6-14-33/h26,30-41,43-49H,4-25,27-29H2,1-3H3/t30?,31?,32?,34?,35?,36?,37-,38?,39?,40?,41?,43?,44?,45?,46?,47?/m0/s1. The average Bonchev–Trinajstić information content (AvgIpc) is 3.57. The van der Waals surface area contributed by atoms with Gasteiger partial charge in [0.2, 0.25) is 0 Å². The maximum absolute atomic E-state index is 4.49. The lowest BCUT2D eigenvalue weighted by Crippen LogP contribution is -2.56. The van der Waals surface area contributed by atoms with E-state index in [0.29, 0.717) is 12.2 Å². The summed E-state index contributed by atoms with van der Waals surface area (Å²) in [4.78, 5) is 3.43. The minimum Gasteiger partial charge on any atom is -0.373 e. The molecule has 9 aliphatic rings. The van der Waals surface area contributed by atoms with Gasteiger partial charge in [0.05, 0.1) is 6.17 Å². The second-order valence-electron chi connectivity index (χ2n) is 20.9. The van der Waals surface area contributed by atoms with Crippen molar-refractivity contribution in [3.05, 3.63) is 11.8 Å². The van der Waals surface area contributed by atoms with Gasteiger partial charge in [-0.05, 0) is 142 Å². The van der Waals surface area contributed by atoms with Crippen LogP contribution >= 0.6 is 0 Å². The van der Waals surface area contributed by atoms with Gasteiger partial charge >= 0.3 is 0 Å². The van der Waals surface area contributed by atoms with E-state index in [2.05, 4.69) is 42.4 Å². The van der Waals surface area contributed by atoms with Crippen LogP contribution in [0.5, 0.6) is 0 Å². The minimum absolute atomic E-state index is 0.468. The molecule has 3 nitrogen and oxygen atoms in total. The number of fused-ring (bicyclic) bond motifs is 5. The Morgan fingerprint density at radius 2 is 1.28 bits per heavy atom. The van der Waals surface area contributed by atoms with Gasteiger partial charge in [0.1, 0.15) is 0 Å². The van der Waals surface area contributed by atoms with E-state index in [-0.39, 0.29) is 0 Å². The van der Waals surface area contributed by atoms with Crippen LogP contribution in [0, 0.1) is 71.0 Å². The summed E-state index contributed by atoms with van der Waals surface area (Å²) in [6.45, 7) is 7.68. The summed E-state index contributed by atoms with van der Waals surface area (Å²) in [5, 5.41) is 8.93. The van der Waals surface area contributed by atoms with Crippen molar-refractivity contribution in [2.45, 2.75) is 212 Å². The Bertz CT molecular complexity index is 1160. The monoisotopic (exact) mass is 686 g/mol. The minimum atomic E-state index is 0.468. The first kappa shape index (κ1) is 35.2. The van der Waals surface area contributed by atoms with Crippen LogP contribution in [0.25, 0.3) is 0 Å². The van der Waals surface area contributed by atoms with Crippen molar-refractivity contribution in [2.75, 3.05) is 0 Å². The molecule has 2 aliphatic heterocycles. The molecule has 15 unspecified atom stereocenters. The summed E-state index contributed by atoms with van der Waals surface area (Å²) < 4.78 is 0. The molecule has 50 heavy (non-hydrogen) atoms. The SMILES string of the molecule is CC1CCCC(C2CC=C(C3CCCCC3N3C4CC(C5CCCCC5)CCC4C4C5CCCCC5CCC43)NC([C@H]3CCC(C)C3C)N2)C1. The molecule has 282 valence electrons. The third-order valence-corrected chi connectivity index (χ3v) is 18.5. The molecular weight excluding hydrogens is 607 g/mol. The number of hydrogen-bond acceptors (Lipinski definition) is 3. The Kier molecular flexibility index (Phi) is 10.8. The molecule has 3 heteroatoms.